The van der Waals surface area contributed by atoms with Crippen LogP contribution in [0.1, 0.15) is 316 Å². The van der Waals surface area contributed by atoms with E-state index in [1.54, 1.807) is 6.08 Å². The summed E-state index contributed by atoms with van der Waals surface area (Å²) in [5.74, 6) is -0.0708. The van der Waals surface area contributed by atoms with Gasteiger partial charge in [-0.3, -0.25) is 4.79 Å². The van der Waals surface area contributed by atoms with E-state index in [0.29, 0.717) is 6.42 Å². The fourth-order valence-electron chi connectivity index (χ4n) is 9.05. The van der Waals surface area contributed by atoms with Crippen molar-refractivity contribution in [1.82, 2.24) is 5.32 Å². The normalized spacial score (nSPS) is 13.1. The minimum absolute atomic E-state index is 0.0708. The molecular formula is C61H115NO3. The minimum atomic E-state index is -0.862. The van der Waals surface area contributed by atoms with E-state index < -0.39 is 12.1 Å². The van der Waals surface area contributed by atoms with Gasteiger partial charge in [0.2, 0.25) is 5.91 Å². The van der Waals surface area contributed by atoms with Gasteiger partial charge in [0.1, 0.15) is 0 Å². The van der Waals surface area contributed by atoms with Crippen LogP contribution in [0.3, 0.4) is 0 Å². The second-order valence-electron chi connectivity index (χ2n) is 20.1. The summed E-state index contributed by atoms with van der Waals surface area (Å²) in [7, 11) is 0. The van der Waals surface area contributed by atoms with Crippen LogP contribution in [0, 0.1) is 0 Å². The van der Waals surface area contributed by atoms with Crippen LogP contribution in [0.5, 0.6) is 0 Å². The Labute approximate surface area is 407 Å². The molecule has 0 bridgehead atoms. The molecular weight excluding hydrogens is 795 g/mol. The van der Waals surface area contributed by atoms with E-state index in [2.05, 4.69) is 55.6 Å². The van der Waals surface area contributed by atoms with Crippen LogP contribution in [0.25, 0.3) is 0 Å². The highest BCUT2D eigenvalue weighted by Gasteiger charge is 2.18. The average Bonchev–Trinajstić information content (AvgIpc) is 3.31. The number of hydrogen-bond acceptors (Lipinski definition) is 3. The fourth-order valence-corrected chi connectivity index (χ4v) is 9.05. The zero-order valence-electron chi connectivity index (χ0n) is 44.0. The SMILES string of the molecule is CCCCCCCCCCCC/C=C/CC/C=C/C(O)C(CO)NC(=O)CCCCCCCCCCCCCCCCCCC/C=C\C/C=C\CCCCCCCCCCCCCCC. The number of aliphatic hydroxyl groups is 2. The van der Waals surface area contributed by atoms with Gasteiger partial charge in [-0.15, -0.1) is 0 Å². The summed E-state index contributed by atoms with van der Waals surface area (Å²) in [5.41, 5.74) is 0. The van der Waals surface area contributed by atoms with Crippen molar-refractivity contribution in [3.05, 3.63) is 48.6 Å². The highest BCUT2D eigenvalue weighted by molar-refractivity contribution is 5.76. The first kappa shape index (κ1) is 63.4. The molecule has 0 aromatic heterocycles. The third-order valence-electron chi connectivity index (χ3n) is 13.5. The van der Waals surface area contributed by atoms with E-state index >= 15 is 0 Å². The van der Waals surface area contributed by atoms with Crippen molar-refractivity contribution in [3.8, 4) is 0 Å². The van der Waals surface area contributed by atoms with Crippen molar-refractivity contribution in [1.29, 1.82) is 0 Å². The molecule has 0 aliphatic heterocycles. The van der Waals surface area contributed by atoms with Gasteiger partial charge in [0.25, 0.3) is 0 Å². The molecule has 1 amide bonds. The first-order valence-electron chi connectivity index (χ1n) is 29.4. The third kappa shape index (κ3) is 53.2. The van der Waals surface area contributed by atoms with Crippen molar-refractivity contribution < 1.29 is 15.0 Å². The number of carbonyl (C=O) groups is 1. The highest BCUT2D eigenvalue weighted by atomic mass is 16.3. The Balaban J connectivity index is 3.45. The number of allylic oxidation sites excluding steroid dienone is 7. The van der Waals surface area contributed by atoms with Crippen molar-refractivity contribution >= 4 is 5.91 Å². The monoisotopic (exact) mass is 910 g/mol. The number of rotatable bonds is 54. The Morgan fingerprint density at radius 1 is 0.369 bits per heavy atom. The van der Waals surface area contributed by atoms with Crippen LogP contribution in [0.4, 0.5) is 0 Å². The Bertz CT molecular complexity index is 1030. The van der Waals surface area contributed by atoms with Gasteiger partial charge < -0.3 is 15.5 Å². The predicted molar refractivity (Wildman–Crippen MR) is 290 cm³/mol. The topological polar surface area (TPSA) is 69.6 Å². The summed E-state index contributed by atoms with van der Waals surface area (Å²) in [6, 6.07) is -0.639. The Morgan fingerprint density at radius 3 is 0.985 bits per heavy atom. The molecule has 0 saturated carbocycles. The minimum Gasteiger partial charge on any atom is -0.394 e. The maximum atomic E-state index is 12.5. The number of hydrogen-bond donors (Lipinski definition) is 3. The van der Waals surface area contributed by atoms with Crippen LogP contribution in [0.2, 0.25) is 0 Å². The third-order valence-corrected chi connectivity index (χ3v) is 13.5. The number of aliphatic hydroxyl groups excluding tert-OH is 2. The van der Waals surface area contributed by atoms with E-state index in [1.165, 1.54) is 257 Å². The maximum Gasteiger partial charge on any atom is 0.220 e. The van der Waals surface area contributed by atoms with Gasteiger partial charge in [-0.1, -0.05) is 294 Å². The largest absolute Gasteiger partial charge is 0.394 e. The van der Waals surface area contributed by atoms with E-state index in [9.17, 15) is 15.0 Å². The van der Waals surface area contributed by atoms with Crippen molar-refractivity contribution in [3.63, 3.8) is 0 Å². The molecule has 0 saturated heterocycles. The lowest BCUT2D eigenvalue weighted by Gasteiger charge is -2.19. The molecule has 0 aliphatic carbocycles. The predicted octanol–water partition coefficient (Wildman–Crippen LogP) is 19.4. The van der Waals surface area contributed by atoms with E-state index in [-0.39, 0.29) is 12.5 Å². The van der Waals surface area contributed by atoms with E-state index in [0.717, 1.165) is 38.5 Å². The molecule has 382 valence electrons. The summed E-state index contributed by atoms with van der Waals surface area (Å²) in [6.45, 7) is 4.32. The van der Waals surface area contributed by atoms with Crippen molar-refractivity contribution in [2.45, 2.75) is 328 Å². The lowest BCUT2D eigenvalue weighted by atomic mass is 10.0. The molecule has 0 heterocycles. The van der Waals surface area contributed by atoms with Gasteiger partial charge in [-0.05, 0) is 64.2 Å². The van der Waals surface area contributed by atoms with Crippen LogP contribution in [-0.2, 0) is 4.79 Å². The molecule has 0 fully saturated rings. The van der Waals surface area contributed by atoms with Crippen LogP contribution in [0.15, 0.2) is 48.6 Å². The number of nitrogens with one attached hydrogen (secondary N) is 1. The second-order valence-corrected chi connectivity index (χ2v) is 20.1. The zero-order chi connectivity index (χ0) is 47.0. The maximum absolute atomic E-state index is 12.5. The first-order valence-corrected chi connectivity index (χ1v) is 29.4. The van der Waals surface area contributed by atoms with Gasteiger partial charge >= 0.3 is 0 Å². The fraction of sp³-hybridized carbons (Fsp3) is 0.852. The van der Waals surface area contributed by atoms with Crippen molar-refractivity contribution in [2.24, 2.45) is 0 Å². The summed E-state index contributed by atoms with van der Waals surface area (Å²) in [4.78, 5) is 12.5. The lowest BCUT2D eigenvalue weighted by molar-refractivity contribution is -0.123. The number of carbonyl (C=O) groups excluding carboxylic acids is 1. The first-order chi connectivity index (χ1) is 32.2. The molecule has 3 N–H and O–H groups in total. The highest BCUT2D eigenvalue weighted by Crippen LogP contribution is 2.17. The summed E-state index contributed by atoms with van der Waals surface area (Å²) in [5, 5.41) is 23.1. The molecule has 65 heavy (non-hydrogen) atoms. The zero-order valence-corrected chi connectivity index (χ0v) is 44.0. The molecule has 2 atom stereocenters. The van der Waals surface area contributed by atoms with E-state index in [4.69, 9.17) is 0 Å². The van der Waals surface area contributed by atoms with Gasteiger partial charge in [-0.25, -0.2) is 0 Å². The van der Waals surface area contributed by atoms with Crippen LogP contribution in [-0.4, -0.2) is 34.9 Å². The second kappa shape index (κ2) is 56.7. The molecule has 0 aliphatic rings. The Morgan fingerprint density at radius 2 is 0.646 bits per heavy atom. The smallest absolute Gasteiger partial charge is 0.220 e. The van der Waals surface area contributed by atoms with Gasteiger partial charge in [0.15, 0.2) is 0 Å². The van der Waals surface area contributed by atoms with Crippen molar-refractivity contribution in [2.75, 3.05) is 6.61 Å². The summed E-state index contributed by atoms with van der Waals surface area (Å²) in [6.07, 6.45) is 78.7. The molecule has 0 aromatic carbocycles. The lowest BCUT2D eigenvalue weighted by Crippen LogP contribution is -2.45. The summed E-state index contributed by atoms with van der Waals surface area (Å²) < 4.78 is 0. The van der Waals surface area contributed by atoms with Crippen LogP contribution < -0.4 is 5.32 Å². The molecule has 0 spiro atoms. The molecule has 0 aromatic rings. The van der Waals surface area contributed by atoms with Gasteiger partial charge in [-0.2, -0.15) is 0 Å². The van der Waals surface area contributed by atoms with Gasteiger partial charge in [0, 0.05) is 6.42 Å². The molecule has 4 nitrogen and oxygen atoms in total. The number of amides is 1. The average molecular weight is 911 g/mol. The Hall–Kier alpha value is -1.65. The standard InChI is InChI=1S/C61H115NO3/c1-3-5-7-9-11-13-15-17-19-21-22-23-24-25-26-27-28-29-30-31-32-33-34-35-36-37-38-39-40-41-43-45-47-49-51-53-55-57-61(65)62-59(58-63)60(64)56-54-52-50-48-46-44-42-20-18-16-14-12-10-8-6-4-2/h26-27,29-30,46,48,54,56,59-60,63-64H,3-25,28,31-45,47,49-53,55,57-58H2,1-2H3,(H,62,65)/b27-26-,30-29-,48-46+,56-54+. The molecule has 4 heteroatoms. The Kier molecular flexibility index (Phi) is 55.2. The van der Waals surface area contributed by atoms with Crippen LogP contribution >= 0.6 is 0 Å². The quantitative estimate of drug-likeness (QED) is 0.0421. The summed E-state index contributed by atoms with van der Waals surface area (Å²) >= 11 is 0. The number of unbranched alkanes of at least 4 members (excludes halogenated alkanes) is 41. The van der Waals surface area contributed by atoms with E-state index in [1.807, 2.05) is 6.08 Å². The molecule has 0 rings (SSSR count). The van der Waals surface area contributed by atoms with Gasteiger partial charge in [0.05, 0.1) is 18.8 Å². The molecule has 2 unspecified atom stereocenters. The molecule has 0 radical (unpaired) electrons.